The maximum absolute atomic E-state index is 8.83. The Morgan fingerprint density at radius 2 is 2.36 bits per heavy atom. The Bertz CT molecular complexity index is 279. The molecule has 1 aromatic heterocycles. The van der Waals surface area contributed by atoms with E-state index in [-0.39, 0.29) is 6.61 Å². The summed E-state index contributed by atoms with van der Waals surface area (Å²) in [4.78, 5) is 10.3. The first-order valence-corrected chi connectivity index (χ1v) is 4.69. The minimum absolute atomic E-state index is 0.101. The maximum Gasteiger partial charge on any atom is 0.225 e. The van der Waals surface area contributed by atoms with Gasteiger partial charge in [0.05, 0.1) is 12.3 Å². The van der Waals surface area contributed by atoms with Crippen molar-refractivity contribution >= 4 is 5.95 Å². The molecule has 1 rings (SSSR count). The summed E-state index contributed by atoms with van der Waals surface area (Å²) in [5.41, 5.74) is 6.29. The molecule has 0 spiro atoms. The van der Waals surface area contributed by atoms with Crippen LogP contribution in [0, 0.1) is 0 Å². The van der Waals surface area contributed by atoms with Gasteiger partial charge in [-0.1, -0.05) is 0 Å². The van der Waals surface area contributed by atoms with Gasteiger partial charge in [-0.2, -0.15) is 0 Å². The largest absolute Gasteiger partial charge is 0.395 e. The molecule has 1 aromatic rings. The van der Waals surface area contributed by atoms with Gasteiger partial charge >= 0.3 is 0 Å². The molecular weight excluding hydrogens is 180 g/mol. The third kappa shape index (κ3) is 2.65. The Hall–Kier alpha value is -1.20. The zero-order valence-corrected chi connectivity index (χ0v) is 8.35. The molecule has 0 saturated heterocycles. The Labute approximate surface area is 83.6 Å². The first kappa shape index (κ1) is 10.9. The zero-order chi connectivity index (χ0) is 10.4. The van der Waals surface area contributed by atoms with E-state index in [0.29, 0.717) is 19.0 Å². The van der Waals surface area contributed by atoms with Gasteiger partial charge < -0.3 is 15.7 Å². The summed E-state index contributed by atoms with van der Waals surface area (Å²) in [6.45, 7) is 3.82. The quantitative estimate of drug-likeness (QED) is 0.679. The molecule has 5 heteroatoms. The van der Waals surface area contributed by atoms with E-state index < -0.39 is 0 Å². The van der Waals surface area contributed by atoms with Crippen LogP contribution in [0.25, 0.3) is 0 Å². The van der Waals surface area contributed by atoms with Gasteiger partial charge in [0.25, 0.3) is 0 Å². The number of nitrogens with zero attached hydrogens (tertiary/aromatic N) is 3. The Balaban J connectivity index is 2.80. The fraction of sp³-hybridized carbons (Fsp3) is 0.556. The van der Waals surface area contributed by atoms with E-state index in [2.05, 4.69) is 9.97 Å². The van der Waals surface area contributed by atoms with Crippen LogP contribution in [0.4, 0.5) is 5.95 Å². The van der Waals surface area contributed by atoms with E-state index in [9.17, 15) is 0 Å². The van der Waals surface area contributed by atoms with Gasteiger partial charge in [-0.25, -0.2) is 9.97 Å². The van der Waals surface area contributed by atoms with E-state index in [0.717, 1.165) is 12.2 Å². The average Bonchev–Trinajstić information content (AvgIpc) is 2.26. The first-order valence-electron chi connectivity index (χ1n) is 4.69. The molecule has 0 atom stereocenters. The first-order chi connectivity index (χ1) is 6.81. The van der Waals surface area contributed by atoms with E-state index in [1.54, 1.807) is 12.3 Å². The molecule has 0 amide bonds. The van der Waals surface area contributed by atoms with Crippen LogP contribution in [0.5, 0.6) is 0 Å². The van der Waals surface area contributed by atoms with E-state index in [1.807, 2.05) is 11.8 Å². The number of nitrogens with two attached hydrogens (primary N) is 1. The number of rotatable bonds is 5. The second kappa shape index (κ2) is 5.51. The van der Waals surface area contributed by atoms with Gasteiger partial charge in [-0.05, 0) is 13.0 Å². The summed E-state index contributed by atoms with van der Waals surface area (Å²) in [7, 11) is 0. The van der Waals surface area contributed by atoms with Crippen molar-refractivity contribution in [3.8, 4) is 0 Å². The zero-order valence-electron chi connectivity index (χ0n) is 8.35. The number of aliphatic hydroxyl groups is 1. The molecule has 0 aliphatic carbocycles. The minimum atomic E-state index is 0.101. The molecule has 0 aliphatic heterocycles. The molecule has 0 aromatic carbocycles. The van der Waals surface area contributed by atoms with Crippen LogP contribution in [0.2, 0.25) is 0 Å². The van der Waals surface area contributed by atoms with Crippen LogP contribution in [-0.4, -0.2) is 34.8 Å². The smallest absolute Gasteiger partial charge is 0.225 e. The maximum atomic E-state index is 8.83. The molecule has 0 aliphatic rings. The lowest BCUT2D eigenvalue weighted by Crippen LogP contribution is -2.28. The highest BCUT2D eigenvalue weighted by atomic mass is 16.3. The highest BCUT2D eigenvalue weighted by molar-refractivity contribution is 5.29. The number of aromatic nitrogens is 2. The van der Waals surface area contributed by atoms with Crippen LogP contribution < -0.4 is 10.6 Å². The highest BCUT2D eigenvalue weighted by Gasteiger charge is 2.06. The number of likely N-dealkylation sites (N-methyl/N-ethyl adjacent to an activating group) is 1. The average molecular weight is 196 g/mol. The van der Waals surface area contributed by atoms with Crippen molar-refractivity contribution in [1.82, 2.24) is 9.97 Å². The number of hydrogen-bond donors (Lipinski definition) is 2. The molecule has 5 nitrogen and oxygen atoms in total. The van der Waals surface area contributed by atoms with Crippen molar-refractivity contribution in [1.29, 1.82) is 0 Å². The van der Waals surface area contributed by atoms with Crippen LogP contribution >= 0.6 is 0 Å². The van der Waals surface area contributed by atoms with Crippen LogP contribution in [0.3, 0.4) is 0 Å². The molecule has 3 N–H and O–H groups in total. The normalized spacial score (nSPS) is 10.2. The fourth-order valence-electron chi connectivity index (χ4n) is 1.17. The molecule has 78 valence electrons. The lowest BCUT2D eigenvalue weighted by atomic mass is 10.4. The Kier molecular flexibility index (Phi) is 4.28. The second-order valence-electron chi connectivity index (χ2n) is 2.86. The van der Waals surface area contributed by atoms with Gasteiger partial charge in [0.15, 0.2) is 0 Å². The number of aliphatic hydroxyl groups excluding tert-OH is 1. The second-order valence-corrected chi connectivity index (χ2v) is 2.86. The summed E-state index contributed by atoms with van der Waals surface area (Å²) >= 11 is 0. The van der Waals surface area contributed by atoms with Crippen molar-refractivity contribution in [3.63, 3.8) is 0 Å². The van der Waals surface area contributed by atoms with E-state index in [1.165, 1.54) is 0 Å². The lowest BCUT2D eigenvalue weighted by molar-refractivity contribution is 0.301. The van der Waals surface area contributed by atoms with Crippen LogP contribution in [-0.2, 0) is 6.54 Å². The standard InChI is InChI=1S/C9H16N4O/c1-2-13(5-6-14)9-11-4-3-8(7-10)12-9/h3-4,14H,2,5-7,10H2,1H3. The minimum Gasteiger partial charge on any atom is -0.395 e. The molecule has 0 fully saturated rings. The van der Waals surface area contributed by atoms with Gasteiger partial charge in [0.2, 0.25) is 5.95 Å². The van der Waals surface area contributed by atoms with E-state index in [4.69, 9.17) is 10.8 Å². The van der Waals surface area contributed by atoms with Crippen LogP contribution in [0.15, 0.2) is 12.3 Å². The lowest BCUT2D eigenvalue weighted by Gasteiger charge is -2.19. The SMILES string of the molecule is CCN(CCO)c1nccc(CN)n1. The third-order valence-electron chi connectivity index (χ3n) is 1.94. The van der Waals surface area contributed by atoms with Gasteiger partial charge in [0, 0.05) is 25.8 Å². The molecule has 0 bridgehead atoms. The summed E-state index contributed by atoms with van der Waals surface area (Å²) in [5, 5.41) is 8.83. The van der Waals surface area contributed by atoms with Crippen molar-refractivity contribution in [2.75, 3.05) is 24.6 Å². The highest BCUT2D eigenvalue weighted by Crippen LogP contribution is 2.06. The van der Waals surface area contributed by atoms with Gasteiger partial charge in [-0.15, -0.1) is 0 Å². The number of anilines is 1. The predicted octanol–water partition coefficient (Wildman–Crippen LogP) is -0.246. The molecule has 0 radical (unpaired) electrons. The molecule has 1 heterocycles. The monoisotopic (exact) mass is 196 g/mol. The summed E-state index contributed by atoms with van der Waals surface area (Å²) in [6.07, 6.45) is 1.69. The summed E-state index contributed by atoms with van der Waals surface area (Å²) in [6, 6.07) is 1.79. The fourth-order valence-corrected chi connectivity index (χ4v) is 1.17. The molecule has 0 saturated carbocycles. The van der Waals surface area contributed by atoms with Crippen molar-refractivity contribution in [2.24, 2.45) is 5.73 Å². The van der Waals surface area contributed by atoms with Gasteiger partial charge in [0.1, 0.15) is 0 Å². The number of hydrogen-bond acceptors (Lipinski definition) is 5. The van der Waals surface area contributed by atoms with Gasteiger partial charge in [-0.3, -0.25) is 0 Å². The van der Waals surface area contributed by atoms with Crippen molar-refractivity contribution < 1.29 is 5.11 Å². The van der Waals surface area contributed by atoms with E-state index >= 15 is 0 Å². The molecule has 14 heavy (non-hydrogen) atoms. The van der Waals surface area contributed by atoms with Crippen LogP contribution in [0.1, 0.15) is 12.6 Å². The molecule has 0 unspecified atom stereocenters. The van der Waals surface area contributed by atoms with Crippen molar-refractivity contribution in [3.05, 3.63) is 18.0 Å². The summed E-state index contributed by atoms with van der Waals surface area (Å²) in [5.74, 6) is 0.629. The predicted molar refractivity (Wildman–Crippen MR) is 54.9 cm³/mol. The molecular formula is C9H16N4O. The third-order valence-corrected chi connectivity index (χ3v) is 1.94. The van der Waals surface area contributed by atoms with Crippen molar-refractivity contribution in [2.45, 2.75) is 13.5 Å². The summed E-state index contributed by atoms with van der Waals surface area (Å²) < 4.78 is 0. The Morgan fingerprint density at radius 1 is 1.57 bits per heavy atom. The Morgan fingerprint density at radius 3 is 2.93 bits per heavy atom. The topological polar surface area (TPSA) is 75.3 Å².